The van der Waals surface area contributed by atoms with Crippen molar-refractivity contribution in [1.82, 2.24) is 10.3 Å². The van der Waals surface area contributed by atoms with Crippen LogP contribution in [0.1, 0.15) is 23.0 Å². The van der Waals surface area contributed by atoms with Crippen molar-refractivity contribution in [3.05, 3.63) is 63.3 Å². The van der Waals surface area contributed by atoms with Gasteiger partial charge in [0.1, 0.15) is 5.69 Å². The Morgan fingerprint density at radius 1 is 1.30 bits per heavy atom. The van der Waals surface area contributed by atoms with E-state index in [2.05, 4.69) is 26.2 Å². The molecule has 1 unspecified atom stereocenters. The highest BCUT2D eigenvalue weighted by Gasteiger charge is 2.11. The lowest BCUT2D eigenvalue weighted by Crippen LogP contribution is -2.34. The van der Waals surface area contributed by atoms with Crippen molar-refractivity contribution >= 4 is 33.4 Å². The van der Waals surface area contributed by atoms with Crippen LogP contribution < -0.4 is 5.32 Å². The molecule has 1 amide bonds. The summed E-state index contributed by atoms with van der Waals surface area (Å²) in [7, 11) is 0. The van der Waals surface area contributed by atoms with Gasteiger partial charge in [0, 0.05) is 21.7 Å². The smallest absolute Gasteiger partial charge is 0.270 e. The largest absolute Gasteiger partial charge is 0.348 e. The Hall–Kier alpha value is -1.39. The lowest BCUT2D eigenvalue weighted by atomic mass is 10.1. The molecule has 1 aromatic carbocycles. The quantitative estimate of drug-likeness (QED) is 0.907. The van der Waals surface area contributed by atoms with Crippen molar-refractivity contribution in [2.24, 2.45) is 0 Å². The average Bonchev–Trinajstić information content (AvgIpc) is 2.42. The zero-order valence-corrected chi connectivity index (χ0v) is 13.3. The van der Waals surface area contributed by atoms with Gasteiger partial charge in [-0.3, -0.25) is 4.79 Å². The summed E-state index contributed by atoms with van der Waals surface area (Å²) in [5.41, 5.74) is 1.54. The molecular formula is C15H14BrClN2O. The van der Waals surface area contributed by atoms with Crippen LogP contribution in [-0.2, 0) is 6.42 Å². The van der Waals surface area contributed by atoms with E-state index in [0.717, 1.165) is 16.5 Å². The topological polar surface area (TPSA) is 42.0 Å². The van der Waals surface area contributed by atoms with Crippen molar-refractivity contribution < 1.29 is 4.79 Å². The highest BCUT2D eigenvalue weighted by molar-refractivity contribution is 9.10. The standard InChI is InChI=1S/C15H14BrClN2O/c1-10(8-11-2-5-13(17)6-3-11)19-15(20)14-7-4-12(16)9-18-14/h2-7,9-10H,8H2,1H3,(H,19,20). The maximum atomic E-state index is 12.0. The summed E-state index contributed by atoms with van der Waals surface area (Å²) < 4.78 is 0.850. The number of carbonyl (C=O) groups excluding carboxylic acids is 1. The summed E-state index contributed by atoms with van der Waals surface area (Å²) in [5.74, 6) is -0.168. The number of hydrogen-bond acceptors (Lipinski definition) is 2. The van der Waals surface area contributed by atoms with Crippen LogP contribution in [-0.4, -0.2) is 16.9 Å². The second-order valence-electron chi connectivity index (χ2n) is 4.57. The van der Waals surface area contributed by atoms with Crippen molar-refractivity contribution in [1.29, 1.82) is 0 Å². The van der Waals surface area contributed by atoms with E-state index in [1.165, 1.54) is 0 Å². The Balaban J connectivity index is 1.93. The van der Waals surface area contributed by atoms with Crippen LogP contribution in [0.2, 0.25) is 5.02 Å². The number of hydrogen-bond donors (Lipinski definition) is 1. The number of nitrogens with zero attached hydrogens (tertiary/aromatic N) is 1. The molecule has 5 heteroatoms. The third-order valence-electron chi connectivity index (χ3n) is 2.79. The highest BCUT2D eigenvalue weighted by Crippen LogP contribution is 2.11. The van der Waals surface area contributed by atoms with Crippen LogP contribution in [0.25, 0.3) is 0 Å². The van der Waals surface area contributed by atoms with E-state index < -0.39 is 0 Å². The molecule has 104 valence electrons. The van der Waals surface area contributed by atoms with Crippen molar-refractivity contribution in [2.75, 3.05) is 0 Å². The summed E-state index contributed by atoms with van der Waals surface area (Å²) in [5, 5.41) is 3.64. The normalized spacial score (nSPS) is 11.9. The first-order valence-corrected chi connectivity index (χ1v) is 7.38. The Kier molecular flexibility index (Phi) is 5.15. The van der Waals surface area contributed by atoms with E-state index in [-0.39, 0.29) is 11.9 Å². The Labute approximate surface area is 131 Å². The third kappa shape index (κ3) is 4.32. The molecule has 0 bridgehead atoms. The van der Waals surface area contributed by atoms with Crippen molar-refractivity contribution in [3.63, 3.8) is 0 Å². The fraction of sp³-hybridized carbons (Fsp3) is 0.200. The fourth-order valence-electron chi connectivity index (χ4n) is 1.83. The van der Waals surface area contributed by atoms with Gasteiger partial charge in [0.05, 0.1) is 0 Å². The molecule has 0 saturated carbocycles. The van der Waals surface area contributed by atoms with Gasteiger partial charge in [0.25, 0.3) is 5.91 Å². The number of carbonyl (C=O) groups is 1. The zero-order valence-electron chi connectivity index (χ0n) is 10.9. The zero-order chi connectivity index (χ0) is 14.5. The number of amides is 1. The average molecular weight is 354 g/mol. The molecule has 0 fully saturated rings. The fourth-order valence-corrected chi connectivity index (χ4v) is 2.19. The summed E-state index contributed by atoms with van der Waals surface area (Å²) in [6, 6.07) is 11.1. The van der Waals surface area contributed by atoms with Crippen LogP contribution in [0.3, 0.4) is 0 Å². The summed E-state index contributed by atoms with van der Waals surface area (Å²) in [6.45, 7) is 1.96. The molecule has 1 N–H and O–H groups in total. The molecule has 20 heavy (non-hydrogen) atoms. The van der Waals surface area contributed by atoms with Crippen LogP contribution in [0, 0.1) is 0 Å². The second kappa shape index (κ2) is 6.86. The van der Waals surface area contributed by atoms with Gasteiger partial charge in [-0.05, 0) is 59.1 Å². The Morgan fingerprint density at radius 3 is 2.60 bits per heavy atom. The highest BCUT2D eigenvalue weighted by atomic mass is 79.9. The second-order valence-corrected chi connectivity index (χ2v) is 5.92. The summed E-state index contributed by atoms with van der Waals surface area (Å²) in [6.07, 6.45) is 2.36. The summed E-state index contributed by atoms with van der Waals surface area (Å²) in [4.78, 5) is 16.1. The first kappa shape index (κ1) is 15.0. The molecule has 0 aliphatic carbocycles. The van der Waals surface area contributed by atoms with Gasteiger partial charge in [-0.2, -0.15) is 0 Å². The van der Waals surface area contributed by atoms with E-state index in [0.29, 0.717) is 10.7 Å². The van der Waals surface area contributed by atoms with E-state index in [4.69, 9.17) is 11.6 Å². The van der Waals surface area contributed by atoms with Crippen molar-refractivity contribution in [3.8, 4) is 0 Å². The molecule has 2 aromatic rings. The van der Waals surface area contributed by atoms with Crippen LogP contribution in [0.15, 0.2) is 47.1 Å². The van der Waals surface area contributed by atoms with Gasteiger partial charge in [0.15, 0.2) is 0 Å². The molecule has 1 heterocycles. The van der Waals surface area contributed by atoms with Gasteiger partial charge >= 0.3 is 0 Å². The van der Waals surface area contributed by atoms with E-state index in [1.807, 2.05) is 31.2 Å². The number of nitrogens with one attached hydrogen (secondary N) is 1. The van der Waals surface area contributed by atoms with Gasteiger partial charge in [0.2, 0.25) is 0 Å². The summed E-state index contributed by atoms with van der Waals surface area (Å²) >= 11 is 9.13. The maximum Gasteiger partial charge on any atom is 0.270 e. The predicted octanol–water partition coefficient (Wildman–Crippen LogP) is 3.86. The van der Waals surface area contributed by atoms with Gasteiger partial charge < -0.3 is 5.32 Å². The minimum Gasteiger partial charge on any atom is -0.348 e. The van der Waals surface area contributed by atoms with Crippen LogP contribution >= 0.6 is 27.5 Å². The minimum absolute atomic E-state index is 0.0223. The molecular weight excluding hydrogens is 340 g/mol. The molecule has 0 aliphatic heterocycles. The Morgan fingerprint density at radius 2 is 2.00 bits per heavy atom. The molecule has 0 radical (unpaired) electrons. The first-order valence-electron chi connectivity index (χ1n) is 6.21. The minimum atomic E-state index is -0.168. The van der Waals surface area contributed by atoms with Gasteiger partial charge in [-0.1, -0.05) is 23.7 Å². The number of aromatic nitrogens is 1. The predicted molar refractivity (Wildman–Crippen MR) is 84.0 cm³/mol. The number of rotatable bonds is 4. The molecule has 1 aromatic heterocycles. The molecule has 2 rings (SSSR count). The first-order chi connectivity index (χ1) is 9.54. The van der Waals surface area contributed by atoms with Gasteiger partial charge in [-0.15, -0.1) is 0 Å². The number of halogens is 2. The molecule has 1 atom stereocenters. The lowest BCUT2D eigenvalue weighted by molar-refractivity contribution is 0.0935. The van der Waals surface area contributed by atoms with Crippen molar-refractivity contribution in [2.45, 2.75) is 19.4 Å². The SMILES string of the molecule is CC(Cc1ccc(Cl)cc1)NC(=O)c1ccc(Br)cn1. The van der Waals surface area contributed by atoms with Gasteiger partial charge in [-0.25, -0.2) is 4.98 Å². The maximum absolute atomic E-state index is 12.0. The Bertz CT molecular complexity index is 584. The lowest BCUT2D eigenvalue weighted by Gasteiger charge is -2.13. The third-order valence-corrected chi connectivity index (χ3v) is 3.51. The monoisotopic (exact) mass is 352 g/mol. The van der Waals surface area contributed by atoms with E-state index in [9.17, 15) is 4.79 Å². The van der Waals surface area contributed by atoms with E-state index >= 15 is 0 Å². The molecule has 3 nitrogen and oxygen atoms in total. The number of pyridine rings is 1. The van der Waals surface area contributed by atoms with Crippen LogP contribution in [0.5, 0.6) is 0 Å². The number of benzene rings is 1. The molecule has 0 aliphatic rings. The molecule has 0 spiro atoms. The molecule has 0 saturated heterocycles. The van der Waals surface area contributed by atoms with Crippen LogP contribution in [0.4, 0.5) is 0 Å². The van der Waals surface area contributed by atoms with E-state index in [1.54, 1.807) is 18.3 Å².